The third-order valence-corrected chi connectivity index (χ3v) is 3.89. The number of hydrogen-bond donors (Lipinski definition) is 1. The molecule has 0 fully saturated rings. The lowest BCUT2D eigenvalue weighted by molar-refractivity contribution is 0.178. The number of aliphatic hydroxyl groups is 1. The van der Waals surface area contributed by atoms with Crippen molar-refractivity contribution in [1.82, 2.24) is 14.8 Å². The van der Waals surface area contributed by atoms with Gasteiger partial charge in [-0.15, -0.1) is 11.3 Å². The van der Waals surface area contributed by atoms with Crippen LogP contribution in [0.15, 0.2) is 22.2 Å². The van der Waals surface area contributed by atoms with E-state index in [0.717, 1.165) is 15.2 Å². The smallest absolute Gasteiger partial charge is 0.138 e. The molecule has 4 nitrogen and oxygen atoms in total. The first-order chi connectivity index (χ1) is 7.16. The van der Waals surface area contributed by atoms with Crippen molar-refractivity contribution in [1.29, 1.82) is 0 Å². The maximum atomic E-state index is 9.94. The fraction of sp³-hybridized carbons (Fsp3) is 0.333. The van der Waals surface area contributed by atoms with Gasteiger partial charge in [-0.25, -0.2) is 4.98 Å². The summed E-state index contributed by atoms with van der Waals surface area (Å²) in [6.07, 6.45) is 1.47. The number of halogens is 1. The van der Waals surface area contributed by atoms with Crippen LogP contribution in [-0.4, -0.2) is 19.9 Å². The third kappa shape index (κ3) is 2.45. The Morgan fingerprint density at radius 3 is 3.00 bits per heavy atom. The number of thiophene rings is 1. The molecule has 0 spiro atoms. The maximum Gasteiger partial charge on any atom is 0.138 e. The van der Waals surface area contributed by atoms with Gasteiger partial charge in [-0.3, -0.25) is 4.68 Å². The Kier molecular flexibility index (Phi) is 3.18. The molecular weight excluding hydrogens is 278 g/mol. The quantitative estimate of drug-likeness (QED) is 0.938. The molecule has 1 unspecified atom stereocenters. The molecule has 0 aliphatic rings. The lowest BCUT2D eigenvalue weighted by atomic mass is 10.2. The van der Waals surface area contributed by atoms with Gasteiger partial charge in [0.15, 0.2) is 0 Å². The molecular formula is C9H10BrN3OS. The molecule has 0 aliphatic heterocycles. The SMILES string of the molecule is Cn1ncnc1CC(O)c1cc(Br)cs1. The van der Waals surface area contributed by atoms with Crippen LogP contribution in [0.5, 0.6) is 0 Å². The monoisotopic (exact) mass is 287 g/mol. The lowest BCUT2D eigenvalue weighted by Crippen LogP contribution is -2.06. The van der Waals surface area contributed by atoms with E-state index in [1.54, 1.807) is 4.68 Å². The first kappa shape index (κ1) is 10.8. The zero-order chi connectivity index (χ0) is 10.8. The van der Waals surface area contributed by atoms with E-state index in [2.05, 4.69) is 26.0 Å². The predicted molar refractivity (Wildman–Crippen MR) is 61.7 cm³/mol. The topological polar surface area (TPSA) is 50.9 Å². The van der Waals surface area contributed by atoms with Gasteiger partial charge in [-0.05, 0) is 22.0 Å². The molecule has 2 heterocycles. The first-order valence-corrected chi connectivity index (χ1v) is 6.09. The first-order valence-electron chi connectivity index (χ1n) is 4.41. The predicted octanol–water partition coefficient (Wildman–Crippen LogP) is 1.92. The number of rotatable bonds is 3. The van der Waals surface area contributed by atoms with E-state index in [9.17, 15) is 5.11 Å². The summed E-state index contributed by atoms with van der Waals surface area (Å²) in [5.41, 5.74) is 0. The molecule has 1 N–H and O–H groups in total. The van der Waals surface area contributed by atoms with Crippen LogP contribution in [-0.2, 0) is 13.5 Å². The van der Waals surface area contributed by atoms with E-state index in [4.69, 9.17) is 0 Å². The molecule has 0 bridgehead atoms. The lowest BCUT2D eigenvalue weighted by Gasteiger charge is -2.06. The fourth-order valence-corrected chi connectivity index (χ4v) is 2.71. The van der Waals surface area contributed by atoms with E-state index in [-0.39, 0.29) is 0 Å². The molecule has 0 radical (unpaired) electrons. The Hall–Kier alpha value is -0.720. The molecule has 0 aromatic carbocycles. The zero-order valence-corrected chi connectivity index (χ0v) is 10.5. The standard InChI is InChI=1S/C9H10BrN3OS/c1-13-9(11-5-12-13)3-7(14)8-2-6(10)4-15-8/h2,4-5,7,14H,3H2,1H3. The summed E-state index contributed by atoms with van der Waals surface area (Å²) in [6.45, 7) is 0. The van der Waals surface area contributed by atoms with E-state index < -0.39 is 6.10 Å². The van der Waals surface area contributed by atoms with Gasteiger partial charge in [0.05, 0.1) is 6.10 Å². The van der Waals surface area contributed by atoms with Gasteiger partial charge < -0.3 is 5.11 Å². The van der Waals surface area contributed by atoms with Gasteiger partial charge in [-0.1, -0.05) is 0 Å². The zero-order valence-electron chi connectivity index (χ0n) is 8.09. The summed E-state index contributed by atoms with van der Waals surface area (Å²) in [5.74, 6) is 0.784. The van der Waals surface area contributed by atoms with Crippen LogP contribution in [0.4, 0.5) is 0 Å². The van der Waals surface area contributed by atoms with E-state index in [1.807, 2.05) is 18.5 Å². The number of aliphatic hydroxyl groups excluding tert-OH is 1. The summed E-state index contributed by atoms with van der Waals surface area (Å²) < 4.78 is 2.67. The van der Waals surface area contributed by atoms with Crippen molar-refractivity contribution in [3.05, 3.63) is 32.9 Å². The second-order valence-corrected chi connectivity index (χ2v) is 5.05. The highest BCUT2D eigenvalue weighted by Gasteiger charge is 2.13. The van der Waals surface area contributed by atoms with Crippen LogP contribution < -0.4 is 0 Å². The molecule has 15 heavy (non-hydrogen) atoms. The van der Waals surface area contributed by atoms with Gasteiger partial charge in [0.1, 0.15) is 12.2 Å². The van der Waals surface area contributed by atoms with Crippen molar-refractivity contribution in [2.45, 2.75) is 12.5 Å². The molecule has 0 saturated heterocycles. The molecule has 0 saturated carbocycles. The second-order valence-electron chi connectivity index (χ2n) is 3.19. The Morgan fingerprint density at radius 1 is 1.67 bits per heavy atom. The van der Waals surface area contributed by atoms with Crippen molar-refractivity contribution in [2.24, 2.45) is 7.05 Å². The van der Waals surface area contributed by atoms with Crippen molar-refractivity contribution < 1.29 is 5.11 Å². The van der Waals surface area contributed by atoms with Crippen LogP contribution in [0.3, 0.4) is 0 Å². The van der Waals surface area contributed by atoms with E-state index in [1.165, 1.54) is 17.7 Å². The van der Waals surface area contributed by atoms with E-state index in [0.29, 0.717) is 6.42 Å². The largest absolute Gasteiger partial charge is 0.387 e. The highest BCUT2D eigenvalue weighted by atomic mass is 79.9. The summed E-state index contributed by atoms with van der Waals surface area (Å²) in [4.78, 5) is 5.01. The van der Waals surface area contributed by atoms with Crippen LogP contribution in [0, 0.1) is 0 Å². The number of hydrogen-bond acceptors (Lipinski definition) is 4. The van der Waals surface area contributed by atoms with Crippen molar-refractivity contribution in [2.75, 3.05) is 0 Å². The minimum atomic E-state index is -0.510. The van der Waals surface area contributed by atoms with Crippen molar-refractivity contribution >= 4 is 27.3 Å². The van der Waals surface area contributed by atoms with Crippen molar-refractivity contribution in [3.63, 3.8) is 0 Å². The minimum Gasteiger partial charge on any atom is -0.387 e. The average molecular weight is 288 g/mol. The van der Waals surface area contributed by atoms with Crippen LogP contribution >= 0.6 is 27.3 Å². The molecule has 2 aromatic rings. The van der Waals surface area contributed by atoms with Crippen molar-refractivity contribution in [3.8, 4) is 0 Å². The molecule has 2 rings (SSSR count). The van der Waals surface area contributed by atoms with Gasteiger partial charge in [0.25, 0.3) is 0 Å². The maximum absolute atomic E-state index is 9.94. The molecule has 0 aliphatic carbocycles. The third-order valence-electron chi connectivity index (χ3n) is 2.10. The van der Waals surface area contributed by atoms with E-state index >= 15 is 0 Å². The number of aryl methyl sites for hydroxylation is 1. The minimum absolute atomic E-state index is 0.490. The molecule has 6 heteroatoms. The summed E-state index contributed by atoms with van der Waals surface area (Å²) in [6, 6.07) is 1.92. The molecule has 0 amide bonds. The average Bonchev–Trinajstić information content (AvgIpc) is 2.77. The number of nitrogens with zero attached hydrogens (tertiary/aromatic N) is 3. The summed E-state index contributed by atoms with van der Waals surface area (Å²) in [5, 5.41) is 15.8. The summed E-state index contributed by atoms with van der Waals surface area (Å²) >= 11 is 4.89. The fourth-order valence-electron chi connectivity index (χ4n) is 1.28. The van der Waals surface area contributed by atoms with Crippen LogP contribution in [0.25, 0.3) is 0 Å². The second kappa shape index (κ2) is 4.42. The van der Waals surface area contributed by atoms with Gasteiger partial charge in [0, 0.05) is 28.2 Å². The van der Waals surface area contributed by atoms with Crippen LogP contribution in [0.2, 0.25) is 0 Å². The molecule has 80 valence electrons. The van der Waals surface area contributed by atoms with Gasteiger partial charge in [-0.2, -0.15) is 5.10 Å². The molecule has 2 aromatic heterocycles. The Labute approximate surface area is 99.7 Å². The summed E-state index contributed by atoms with van der Waals surface area (Å²) in [7, 11) is 1.82. The van der Waals surface area contributed by atoms with Gasteiger partial charge >= 0.3 is 0 Å². The van der Waals surface area contributed by atoms with Crippen LogP contribution in [0.1, 0.15) is 16.8 Å². The Balaban J connectivity index is 2.10. The highest BCUT2D eigenvalue weighted by Crippen LogP contribution is 2.27. The Bertz CT molecular complexity index is 454. The number of aromatic nitrogens is 3. The molecule has 1 atom stereocenters. The Morgan fingerprint density at radius 2 is 2.47 bits per heavy atom. The highest BCUT2D eigenvalue weighted by molar-refractivity contribution is 9.10. The normalized spacial score (nSPS) is 13.0. The van der Waals surface area contributed by atoms with Gasteiger partial charge in [0.2, 0.25) is 0 Å².